The summed E-state index contributed by atoms with van der Waals surface area (Å²) in [5.74, 6) is -0.574. The number of aryl methyl sites for hydroxylation is 1. The molecule has 0 amide bonds. The lowest BCUT2D eigenvalue weighted by Crippen LogP contribution is -2.45. The highest BCUT2D eigenvalue weighted by molar-refractivity contribution is 7.22. The van der Waals surface area contributed by atoms with Gasteiger partial charge in [-0.25, -0.2) is 0 Å². The quantitative estimate of drug-likeness (QED) is 0.585. The molecule has 1 unspecified atom stereocenters. The van der Waals surface area contributed by atoms with E-state index in [0.717, 1.165) is 11.3 Å². The van der Waals surface area contributed by atoms with Crippen LogP contribution in [0.25, 0.3) is 10.1 Å². The fourth-order valence-electron chi connectivity index (χ4n) is 3.48. The fraction of sp³-hybridized carbons (Fsp3) is 0.529. The zero-order valence-electron chi connectivity index (χ0n) is 15.5. The second-order valence-corrected chi connectivity index (χ2v) is 7.72. The van der Waals surface area contributed by atoms with E-state index in [1.165, 1.54) is 6.07 Å². The smallest absolute Gasteiger partial charge is 0.287 e. The summed E-state index contributed by atoms with van der Waals surface area (Å²) in [5.41, 5.74) is -0.371. The van der Waals surface area contributed by atoms with E-state index in [4.69, 9.17) is 10.8 Å². The SMILES string of the molecule is [2H]c1c(C)cc([N+](=O)[O-])c2sc(N3CCC4(CC3)OCC(C)O4)nc(=O)c12. The van der Waals surface area contributed by atoms with Crippen molar-refractivity contribution in [2.75, 3.05) is 24.6 Å². The molecule has 0 N–H and O–H groups in total. The Hall–Kier alpha value is -2.10. The van der Waals surface area contributed by atoms with Gasteiger partial charge in [0.2, 0.25) is 0 Å². The van der Waals surface area contributed by atoms with Gasteiger partial charge in [-0.15, -0.1) is 0 Å². The lowest BCUT2D eigenvalue weighted by atomic mass is 10.0. The van der Waals surface area contributed by atoms with E-state index in [2.05, 4.69) is 4.98 Å². The molecule has 2 fully saturated rings. The molecule has 2 aliphatic rings. The predicted molar refractivity (Wildman–Crippen MR) is 98.0 cm³/mol. The van der Waals surface area contributed by atoms with E-state index in [9.17, 15) is 14.9 Å². The molecule has 9 heteroatoms. The normalized spacial score (nSPS) is 22.8. The molecule has 0 aliphatic carbocycles. The number of anilines is 1. The summed E-state index contributed by atoms with van der Waals surface area (Å²) < 4.78 is 20.0. The largest absolute Gasteiger partial charge is 0.348 e. The minimum absolute atomic E-state index is 0.00441. The molecule has 1 spiro atoms. The van der Waals surface area contributed by atoms with Crippen LogP contribution in [-0.4, -0.2) is 41.5 Å². The molecular weight excluding hydrogens is 358 g/mol. The number of hydrogen-bond donors (Lipinski definition) is 0. The van der Waals surface area contributed by atoms with E-state index in [-0.39, 0.29) is 27.9 Å². The third kappa shape index (κ3) is 2.95. The molecular formula is C17H19N3O5S. The fourth-order valence-corrected chi connectivity index (χ4v) is 4.58. The van der Waals surface area contributed by atoms with E-state index < -0.39 is 16.3 Å². The number of nitrogens with zero attached hydrogens (tertiary/aromatic N) is 3. The molecule has 26 heavy (non-hydrogen) atoms. The summed E-state index contributed by atoms with van der Waals surface area (Å²) in [5, 5.41) is 11.9. The molecule has 2 aromatic rings. The van der Waals surface area contributed by atoms with E-state index in [1.807, 2.05) is 11.8 Å². The minimum Gasteiger partial charge on any atom is -0.348 e. The molecule has 0 bridgehead atoms. The van der Waals surface area contributed by atoms with Crippen molar-refractivity contribution in [1.82, 2.24) is 4.98 Å². The molecule has 1 aromatic carbocycles. The van der Waals surface area contributed by atoms with Crippen molar-refractivity contribution in [3.05, 3.63) is 38.1 Å². The van der Waals surface area contributed by atoms with Crippen molar-refractivity contribution in [3.63, 3.8) is 0 Å². The molecule has 1 aromatic heterocycles. The maximum absolute atomic E-state index is 12.6. The van der Waals surface area contributed by atoms with Crippen LogP contribution in [0.1, 0.15) is 26.7 Å². The molecule has 2 aliphatic heterocycles. The molecule has 4 rings (SSSR count). The Morgan fingerprint density at radius 2 is 2.23 bits per heavy atom. The van der Waals surface area contributed by atoms with Gasteiger partial charge < -0.3 is 14.4 Å². The number of nitro groups is 1. The Labute approximate surface area is 154 Å². The summed E-state index contributed by atoms with van der Waals surface area (Å²) >= 11 is 1.09. The average molecular weight is 378 g/mol. The zero-order chi connectivity index (χ0) is 19.3. The number of fused-ring (bicyclic) bond motifs is 1. The summed E-state index contributed by atoms with van der Waals surface area (Å²) in [6.45, 7) is 5.28. The van der Waals surface area contributed by atoms with Crippen molar-refractivity contribution in [3.8, 4) is 0 Å². The van der Waals surface area contributed by atoms with Crippen LogP contribution in [0.15, 0.2) is 16.9 Å². The Balaban J connectivity index is 1.72. The third-order valence-electron chi connectivity index (χ3n) is 4.73. The van der Waals surface area contributed by atoms with Gasteiger partial charge in [-0.1, -0.05) is 11.3 Å². The van der Waals surface area contributed by atoms with Gasteiger partial charge in [-0.2, -0.15) is 4.98 Å². The van der Waals surface area contributed by atoms with Gasteiger partial charge in [0, 0.05) is 32.0 Å². The van der Waals surface area contributed by atoms with Crippen LogP contribution in [-0.2, 0) is 9.47 Å². The van der Waals surface area contributed by atoms with Crippen LogP contribution in [0.2, 0.25) is 0 Å². The lowest BCUT2D eigenvalue weighted by molar-refractivity contribution is -0.382. The van der Waals surface area contributed by atoms with Gasteiger partial charge in [0.1, 0.15) is 4.70 Å². The van der Waals surface area contributed by atoms with Crippen LogP contribution in [0.5, 0.6) is 0 Å². The highest BCUT2D eigenvalue weighted by Crippen LogP contribution is 2.37. The summed E-state index contributed by atoms with van der Waals surface area (Å²) in [7, 11) is 0. The zero-order valence-corrected chi connectivity index (χ0v) is 15.3. The first-order valence-electron chi connectivity index (χ1n) is 8.96. The Morgan fingerprint density at radius 3 is 2.85 bits per heavy atom. The van der Waals surface area contributed by atoms with Crippen molar-refractivity contribution < 1.29 is 15.8 Å². The molecule has 138 valence electrons. The number of benzene rings is 1. The maximum atomic E-state index is 12.6. The van der Waals surface area contributed by atoms with Crippen LogP contribution in [0, 0.1) is 17.0 Å². The number of non-ortho nitro benzene ring substituents is 1. The molecule has 0 saturated carbocycles. The van der Waals surface area contributed by atoms with Gasteiger partial charge >= 0.3 is 0 Å². The monoisotopic (exact) mass is 378 g/mol. The first-order valence-corrected chi connectivity index (χ1v) is 9.27. The number of nitro benzene ring substituents is 1. The average Bonchev–Trinajstić information content (AvgIpc) is 2.98. The summed E-state index contributed by atoms with van der Waals surface area (Å²) in [6, 6.07) is 1.34. The van der Waals surface area contributed by atoms with Crippen molar-refractivity contribution >= 4 is 32.2 Å². The van der Waals surface area contributed by atoms with Gasteiger partial charge in [0.05, 0.1) is 24.4 Å². The van der Waals surface area contributed by atoms with Gasteiger partial charge in [0.15, 0.2) is 10.9 Å². The van der Waals surface area contributed by atoms with Gasteiger partial charge in [0.25, 0.3) is 11.2 Å². The van der Waals surface area contributed by atoms with E-state index >= 15 is 0 Å². The highest BCUT2D eigenvalue weighted by atomic mass is 32.1. The third-order valence-corrected chi connectivity index (χ3v) is 5.88. The van der Waals surface area contributed by atoms with Crippen LogP contribution in [0.3, 0.4) is 0 Å². The van der Waals surface area contributed by atoms with E-state index in [0.29, 0.717) is 43.2 Å². The standard InChI is InChI=1S/C17H19N3O5S/c1-10-7-12-14(13(8-10)20(22)23)26-16(18-15(12)21)19-5-3-17(4-6-19)24-9-11(2)25-17/h7-8,11H,3-6,9H2,1-2H3/i7D. The molecule has 8 nitrogen and oxygen atoms in total. The van der Waals surface area contributed by atoms with Gasteiger partial charge in [-0.3, -0.25) is 14.9 Å². The topological polar surface area (TPSA) is 94.8 Å². The van der Waals surface area contributed by atoms with Crippen molar-refractivity contribution in [2.24, 2.45) is 0 Å². The highest BCUT2D eigenvalue weighted by Gasteiger charge is 2.43. The lowest BCUT2D eigenvalue weighted by Gasteiger charge is -2.37. The van der Waals surface area contributed by atoms with Crippen molar-refractivity contribution in [2.45, 2.75) is 38.6 Å². The summed E-state index contributed by atoms with van der Waals surface area (Å²) in [6.07, 6.45) is 1.34. The summed E-state index contributed by atoms with van der Waals surface area (Å²) in [4.78, 5) is 29.6. The maximum Gasteiger partial charge on any atom is 0.287 e. The number of hydrogen-bond acceptors (Lipinski definition) is 8. The molecule has 2 saturated heterocycles. The second-order valence-electron chi connectivity index (χ2n) is 6.74. The predicted octanol–water partition coefficient (Wildman–Crippen LogP) is 2.60. The number of aromatic nitrogens is 1. The minimum atomic E-state index is -0.599. The Morgan fingerprint density at radius 1 is 1.50 bits per heavy atom. The number of rotatable bonds is 2. The molecule has 0 radical (unpaired) electrons. The van der Waals surface area contributed by atoms with Crippen LogP contribution >= 0.6 is 11.3 Å². The first kappa shape index (κ1) is 16.1. The van der Waals surface area contributed by atoms with Gasteiger partial charge in [-0.05, 0) is 25.5 Å². The molecule has 1 atom stereocenters. The Bertz CT molecular complexity index is 987. The second kappa shape index (κ2) is 6.26. The number of piperidine rings is 1. The molecule has 3 heterocycles. The van der Waals surface area contributed by atoms with Crippen LogP contribution in [0.4, 0.5) is 10.8 Å². The van der Waals surface area contributed by atoms with Crippen molar-refractivity contribution in [1.29, 1.82) is 0 Å². The number of ether oxygens (including phenoxy) is 2. The first-order chi connectivity index (χ1) is 12.8. The van der Waals surface area contributed by atoms with E-state index in [1.54, 1.807) is 6.92 Å². The Kier molecular flexibility index (Phi) is 3.87. The van der Waals surface area contributed by atoms with Crippen LogP contribution < -0.4 is 10.5 Å².